The number of nitrogens with one attached hydrogen (secondary N) is 1. The smallest absolute Gasteiger partial charge is 0.321 e. The van der Waals surface area contributed by atoms with E-state index in [1.807, 2.05) is 30.9 Å². The first-order chi connectivity index (χ1) is 9.53. The molecule has 20 heavy (non-hydrogen) atoms. The van der Waals surface area contributed by atoms with E-state index in [1.54, 1.807) is 0 Å². The summed E-state index contributed by atoms with van der Waals surface area (Å²) in [5.41, 5.74) is 3.23. The number of aryl methyl sites for hydroxylation is 2. The highest BCUT2D eigenvalue weighted by Gasteiger charge is 2.33. The van der Waals surface area contributed by atoms with Crippen LogP contribution in [0.2, 0.25) is 0 Å². The van der Waals surface area contributed by atoms with Crippen molar-refractivity contribution in [2.45, 2.75) is 33.7 Å². The van der Waals surface area contributed by atoms with Crippen molar-refractivity contribution in [2.24, 2.45) is 0 Å². The number of amides is 2. The zero-order valence-electron chi connectivity index (χ0n) is 12.9. The number of anilines is 1. The van der Waals surface area contributed by atoms with Gasteiger partial charge in [-0.3, -0.25) is 4.90 Å². The summed E-state index contributed by atoms with van der Waals surface area (Å²) in [6.45, 7) is 12.2. The largest absolute Gasteiger partial charge is 0.321 e. The van der Waals surface area contributed by atoms with Crippen molar-refractivity contribution in [2.75, 3.05) is 31.5 Å². The molecule has 2 amide bonds. The number of carbonyl (C=O) groups is 1. The summed E-state index contributed by atoms with van der Waals surface area (Å²) < 4.78 is 0. The van der Waals surface area contributed by atoms with Gasteiger partial charge < -0.3 is 10.2 Å². The molecule has 110 valence electrons. The summed E-state index contributed by atoms with van der Waals surface area (Å²) in [4.78, 5) is 16.4. The molecule has 1 aromatic rings. The molecule has 1 aliphatic rings. The Hall–Kier alpha value is -1.55. The lowest BCUT2D eigenvalue weighted by Gasteiger charge is -2.44. The predicted molar refractivity (Wildman–Crippen MR) is 83.2 cm³/mol. The van der Waals surface area contributed by atoms with E-state index in [9.17, 15) is 4.79 Å². The molecule has 1 N–H and O–H groups in total. The Morgan fingerprint density at radius 2 is 1.75 bits per heavy atom. The van der Waals surface area contributed by atoms with E-state index in [2.05, 4.69) is 30.1 Å². The fourth-order valence-corrected chi connectivity index (χ4v) is 2.84. The lowest BCUT2D eigenvalue weighted by atomic mass is 10.1. The van der Waals surface area contributed by atoms with Crippen LogP contribution in [0.15, 0.2) is 18.2 Å². The Bertz CT molecular complexity index is 456. The summed E-state index contributed by atoms with van der Waals surface area (Å²) in [7, 11) is 0. The third kappa shape index (κ3) is 3.31. The molecule has 2 rings (SSSR count). The molecule has 0 saturated carbocycles. The number of urea groups is 1. The molecular weight excluding hydrogens is 250 g/mol. The number of nitrogens with zero attached hydrogens (tertiary/aromatic N) is 2. The van der Waals surface area contributed by atoms with Crippen molar-refractivity contribution in [1.29, 1.82) is 0 Å². The molecule has 1 aliphatic heterocycles. The normalized spacial score (nSPS) is 15.3. The van der Waals surface area contributed by atoms with Crippen molar-refractivity contribution in [1.82, 2.24) is 9.80 Å². The Morgan fingerprint density at radius 1 is 1.20 bits per heavy atom. The van der Waals surface area contributed by atoms with E-state index in [-0.39, 0.29) is 6.03 Å². The molecule has 0 bridgehead atoms. The van der Waals surface area contributed by atoms with Crippen LogP contribution in [0.25, 0.3) is 0 Å². The van der Waals surface area contributed by atoms with Gasteiger partial charge in [0, 0.05) is 24.8 Å². The maximum absolute atomic E-state index is 12.2. The van der Waals surface area contributed by atoms with Crippen LogP contribution in [0.5, 0.6) is 0 Å². The summed E-state index contributed by atoms with van der Waals surface area (Å²) >= 11 is 0. The van der Waals surface area contributed by atoms with E-state index in [0.717, 1.165) is 31.9 Å². The van der Waals surface area contributed by atoms with Gasteiger partial charge in [-0.15, -0.1) is 0 Å². The van der Waals surface area contributed by atoms with Gasteiger partial charge in [0.1, 0.15) is 0 Å². The second kappa shape index (κ2) is 6.27. The maximum atomic E-state index is 12.2. The third-order valence-electron chi connectivity index (χ3n) is 3.95. The number of hydrogen-bond donors (Lipinski definition) is 1. The summed E-state index contributed by atoms with van der Waals surface area (Å²) in [6.07, 6.45) is 0. The van der Waals surface area contributed by atoms with Crippen molar-refractivity contribution < 1.29 is 4.79 Å². The topological polar surface area (TPSA) is 35.6 Å². The van der Waals surface area contributed by atoms with Crippen LogP contribution in [0.4, 0.5) is 10.5 Å². The zero-order chi connectivity index (χ0) is 14.7. The summed E-state index contributed by atoms with van der Waals surface area (Å²) in [5, 5.41) is 2.99. The molecule has 0 aromatic heterocycles. The molecule has 4 heteroatoms. The van der Waals surface area contributed by atoms with Crippen molar-refractivity contribution >= 4 is 11.7 Å². The first kappa shape index (κ1) is 14.9. The second-order valence-corrected chi connectivity index (χ2v) is 5.59. The van der Waals surface area contributed by atoms with Crippen LogP contribution >= 0.6 is 0 Å². The van der Waals surface area contributed by atoms with Gasteiger partial charge in [0.15, 0.2) is 0 Å². The number of benzene rings is 1. The highest BCUT2D eigenvalue weighted by Crippen LogP contribution is 2.18. The Kier molecular flexibility index (Phi) is 4.65. The van der Waals surface area contributed by atoms with E-state index in [1.165, 1.54) is 11.1 Å². The Balaban J connectivity index is 1.88. The first-order valence-corrected chi connectivity index (χ1v) is 7.41. The number of likely N-dealkylation sites (N-methyl/N-ethyl adjacent to an activating group) is 1. The van der Waals surface area contributed by atoms with E-state index in [4.69, 9.17) is 0 Å². The number of carbonyl (C=O) groups excluding carboxylic acids is 1. The third-order valence-corrected chi connectivity index (χ3v) is 3.95. The fourth-order valence-electron chi connectivity index (χ4n) is 2.84. The molecule has 0 unspecified atom stereocenters. The van der Waals surface area contributed by atoms with Gasteiger partial charge >= 0.3 is 6.03 Å². The average molecular weight is 275 g/mol. The lowest BCUT2D eigenvalue weighted by molar-refractivity contribution is 0.0685. The number of likely N-dealkylation sites (tertiary alicyclic amines) is 1. The molecule has 4 nitrogen and oxygen atoms in total. The van der Waals surface area contributed by atoms with Crippen molar-refractivity contribution in [3.05, 3.63) is 29.3 Å². The SMILES string of the molecule is CCN(CC)C1CN(C(=O)Nc2cc(C)cc(C)c2)C1. The monoisotopic (exact) mass is 275 g/mol. The first-order valence-electron chi connectivity index (χ1n) is 7.41. The highest BCUT2D eigenvalue weighted by molar-refractivity contribution is 5.90. The summed E-state index contributed by atoms with van der Waals surface area (Å²) in [6, 6.07) is 6.66. The molecule has 0 spiro atoms. The van der Waals surface area contributed by atoms with Gasteiger partial charge in [-0.05, 0) is 50.2 Å². The summed E-state index contributed by atoms with van der Waals surface area (Å²) in [5.74, 6) is 0. The van der Waals surface area contributed by atoms with E-state index < -0.39 is 0 Å². The van der Waals surface area contributed by atoms with Crippen molar-refractivity contribution in [3.63, 3.8) is 0 Å². The van der Waals surface area contributed by atoms with Crippen LogP contribution in [0.1, 0.15) is 25.0 Å². The molecule has 0 radical (unpaired) electrons. The van der Waals surface area contributed by atoms with Crippen LogP contribution in [-0.2, 0) is 0 Å². The Labute approximate surface area is 121 Å². The minimum absolute atomic E-state index is 0.0124. The van der Waals surface area contributed by atoms with Crippen LogP contribution < -0.4 is 5.32 Å². The molecule has 1 heterocycles. The van der Waals surface area contributed by atoms with Gasteiger partial charge in [-0.1, -0.05) is 19.9 Å². The maximum Gasteiger partial charge on any atom is 0.321 e. The van der Waals surface area contributed by atoms with Gasteiger partial charge in [0.2, 0.25) is 0 Å². The average Bonchev–Trinajstić information content (AvgIpc) is 2.31. The van der Waals surface area contributed by atoms with Gasteiger partial charge in [-0.2, -0.15) is 0 Å². The quantitative estimate of drug-likeness (QED) is 0.917. The predicted octanol–water partition coefficient (Wildman–Crippen LogP) is 2.86. The fraction of sp³-hybridized carbons (Fsp3) is 0.562. The molecule has 1 saturated heterocycles. The molecule has 0 aliphatic carbocycles. The van der Waals surface area contributed by atoms with E-state index >= 15 is 0 Å². The van der Waals surface area contributed by atoms with Crippen LogP contribution in [0.3, 0.4) is 0 Å². The van der Waals surface area contributed by atoms with Gasteiger partial charge in [-0.25, -0.2) is 4.79 Å². The highest BCUT2D eigenvalue weighted by atomic mass is 16.2. The zero-order valence-corrected chi connectivity index (χ0v) is 12.9. The molecular formula is C16H25N3O. The molecule has 1 fully saturated rings. The number of rotatable bonds is 4. The van der Waals surface area contributed by atoms with Gasteiger partial charge in [0.05, 0.1) is 0 Å². The standard InChI is InChI=1S/C16H25N3O/c1-5-18(6-2)15-10-19(11-15)16(20)17-14-8-12(3)7-13(4)9-14/h7-9,15H,5-6,10-11H2,1-4H3,(H,17,20). The van der Waals surface area contributed by atoms with E-state index in [0.29, 0.717) is 6.04 Å². The van der Waals surface area contributed by atoms with Crippen molar-refractivity contribution in [3.8, 4) is 0 Å². The lowest BCUT2D eigenvalue weighted by Crippen LogP contribution is -2.61. The van der Waals surface area contributed by atoms with Gasteiger partial charge in [0.25, 0.3) is 0 Å². The second-order valence-electron chi connectivity index (χ2n) is 5.59. The van der Waals surface area contributed by atoms with Crippen LogP contribution in [-0.4, -0.2) is 48.1 Å². The minimum Gasteiger partial charge on any atom is -0.321 e. The number of hydrogen-bond acceptors (Lipinski definition) is 2. The molecule has 0 atom stereocenters. The molecule has 1 aromatic carbocycles. The van der Waals surface area contributed by atoms with Crippen LogP contribution in [0, 0.1) is 13.8 Å². The minimum atomic E-state index is 0.0124. The Morgan fingerprint density at radius 3 is 2.25 bits per heavy atom.